The minimum Gasteiger partial charge on any atom is -0.467 e. The summed E-state index contributed by atoms with van der Waals surface area (Å²) in [4.78, 5) is 30.3. The average molecular weight is 388 g/mol. The second kappa shape index (κ2) is 7.24. The third-order valence-electron chi connectivity index (χ3n) is 5.45. The predicted octanol–water partition coefficient (Wildman–Crippen LogP) is 4.63. The van der Waals surface area contributed by atoms with Crippen molar-refractivity contribution in [3.8, 4) is 0 Å². The fourth-order valence-electron chi connectivity index (χ4n) is 4.16. The Morgan fingerprint density at radius 1 is 0.897 bits per heavy atom. The fraction of sp³-hybridized carbons (Fsp3) is 0.250. The molecule has 148 valence electrons. The molecule has 5 nitrogen and oxygen atoms in total. The zero-order valence-corrected chi connectivity index (χ0v) is 17.1. The summed E-state index contributed by atoms with van der Waals surface area (Å²) in [5.74, 6) is 0.150. The van der Waals surface area contributed by atoms with Gasteiger partial charge in [-0.2, -0.15) is 0 Å². The lowest BCUT2D eigenvalue weighted by Gasteiger charge is -2.40. The van der Waals surface area contributed by atoms with E-state index in [9.17, 15) is 9.59 Å². The number of anilines is 2. The molecular weight excluding hydrogens is 364 g/mol. The van der Waals surface area contributed by atoms with Gasteiger partial charge < -0.3 is 9.32 Å². The first kappa shape index (κ1) is 19.0. The molecule has 5 heteroatoms. The number of piperazine rings is 1. The van der Waals surface area contributed by atoms with Crippen molar-refractivity contribution >= 4 is 23.2 Å². The van der Waals surface area contributed by atoms with Gasteiger partial charge in [-0.3, -0.25) is 14.5 Å². The third kappa shape index (κ3) is 3.23. The molecular formula is C24H24N2O3. The van der Waals surface area contributed by atoms with Crippen molar-refractivity contribution in [2.24, 2.45) is 0 Å². The second-order valence-electron chi connectivity index (χ2n) is 7.64. The molecule has 2 aromatic carbocycles. The van der Waals surface area contributed by atoms with Gasteiger partial charge in [0.15, 0.2) is 6.04 Å². The van der Waals surface area contributed by atoms with E-state index in [4.69, 9.17) is 4.42 Å². The first-order valence-electron chi connectivity index (χ1n) is 9.69. The van der Waals surface area contributed by atoms with Gasteiger partial charge >= 0.3 is 0 Å². The number of hydrogen-bond donors (Lipinski definition) is 0. The Labute approximate surface area is 170 Å². The maximum atomic E-state index is 13.7. The summed E-state index contributed by atoms with van der Waals surface area (Å²) >= 11 is 0. The van der Waals surface area contributed by atoms with E-state index in [1.54, 1.807) is 21.9 Å². The minimum atomic E-state index is -0.841. The molecule has 0 unspecified atom stereocenters. The summed E-state index contributed by atoms with van der Waals surface area (Å²) in [6.45, 7) is 7.87. The zero-order chi connectivity index (χ0) is 20.7. The molecule has 1 fully saturated rings. The molecule has 1 aliphatic heterocycles. The monoisotopic (exact) mass is 388 g/mol. The number of amides is 2. The largest absolute Gasteiger partial charge is 0.467 e. The molecule has 1 aliphatic rings. The molecule has 3 aromatic rings. The van der Waals surface area contributed by atoms with Crippen LogP contribution in [0, 0.1) is 27.7 Å². The van der Waals surface area contributed by atoms with Crippen LogP contribution >= 0.6 is 0 Å². The summed E-state index contributed by atoms with van der Waals surface area (Å²) < 4.78 is 5.61. The Bertz CT molecular complexity index is 1070. The lowest BCUT2D eigenvalue weighted by Crippen LogP contribution is -2.56. The molecule has 0 aliphatic carbocycles. The zero-order valence-electron chi connectivity index (χ0n) is 17.1. The summed E-state index contributed by atoms with van der Waals surface area (Å²) in [6.07, 6.45) is 1.53. The number of para-hydroxylation sites is 1. The molecule has 0 bridgehead atoms. The molecule has 2 heterocycles. The van der Waals surface area contributed by atoms with Crippen LogP contribution in [0.15, 0.2) is 59.2 Å². The number of furan rings is 1. The van der Waals surface area contributed by atoms with E-state index in [0.717, 1.165) is 33.6 Å². The molecule has 0 spiro atoms. The number of hydrogen-bond acceptors (Lipinski definition) is 3. The van der Waals surface area contributed by atoms with Crippen LogP contribution in [0.1, 0.15) is 34.1 Å². The highest BCUT2D eigenvalue weighted by Crippen LogP contribution is 2.38. The molecule has 1 atom stereocenters. The molecule has 4 rings (SSSR count). The van der Waals surface area contributed by atoms with Gasteiger partial charge in [-0.25, -0.2) is 0 Å². The Morgan fingerprint density at radius 3 is 2.24 bits per heavy atom. The van der Waals surface area contributed by atoms with Gasteiger partial charge in [-0.05, 0) is 62.6 Å². The standard InChI is InChI=1S/C24H24N2O3/c1-15-10-11-19(18(4)13-15)26-21(27)14-25(22-16(2)7-5-8-17(22)3)24(28)23(26)20-9-6-12-29-20/h5-13,23H,14H2,1-4H3/t23-/m1/s1. The van der Waals surface area contributed by atoms with Crippen LogP contribution in [-0.4, -0.2) is 18.4 Å². The van der Waals surface area contributed by atoms with E-state index in [0.29, 0.717) is 5.76 Å². The molecule has 0 N–H and O–H groups in total. The number of benzene rings is 2. The van der Waals surface area contributed by atoms with E-state index in [2.05, 4.69) is 0 Å². The van der Waals surface area contributed by atoms with Gasteiger partial charge in [-0.1, -0.05) is 35.9 Å². The van der Waals surface area contributed by atoms with Crippen molar-refractivity contribution in [2.45, 2.75) is 33.7 Å². The number of aryl methyl sites for hydroxylation is 4. The van der Waals surface area contributed by atoms with E-state index in [-0.39, 0.29) is 18.4 Å². The second-order valence-corrected chi connectivity index (χ2v) is 7.64. The Morgan fingerprint density at radius 2 is 1.62 bits per heavy atom. The van der Waals surface area contributed by atoms with Crippen LogP contribution in [0.4, 0.5) is 11.4 Å². The normalized spacial score (nSPS) is 17.2. The van der Waals surface area contributed by atoms with Crippen LogP contribution in [0.25, 0.3) is 0 Å². The van der Waals surface area contributed by atoms with Crippen molar-refractivity contribution in [3.05, 3.63) is 82.8 Å². The Hall–Kier alpha value is -3.34. The SMILES string of the molecule is Cc1ccc(N2C(=O)CN(c3c(C)cccc3C)C(=O)[C@H]2c2ccco2)c(C)c1. The Balaban J connectivity index is 1.85. The van der Waals surface area contributed by atoms with Gasteiger partial charge in [0.1, 0.15) is 12.3 Å². The van der Waals surface area contributed by atoms with Gasteiger partial charge in [0.25, 0.3) is 5.91 Å². The molecule has 2 amide bonds. The van der Waals surface area contributed by atoms with Crippen LogP contribution in [0.3, 0.4) is 0 Å². The smallest absolute Gasteiger partial charge is 0.258 e. The van der Waals surface area contributed by atoms with E-state index in [1.165, 1.54) is 6.26 Å². The number of rotatable bonds is 3. The quantitative estimate of drug-likeness (QED) is 0.657. The lowest BCUT2D eigenvalue weighted by atomic mass is 10.0. The maximum Gasteiger partial charge on any atom is 0.258 e. The van der Waals surface area contributed by atoms with Gasteiger partial charge in [0, 0.05) is 5.69 Å². The topological polar surface area (TPSA) is 53.8 Å². The molecule has 0 saturated carbocycles. The summed E-state index contributed by atoms with van der Waals surface area (Å²) in [5.41, 5.74) is 5.50. The van der Waals surface area contributed by atoms with Crippen molar-refractivity contribution in [1.29, 1.82) is 0 Å². The summed E-state index contributed by atoms with van der Waals surface area (Å²) in [5, 5.41) is 0. The van der Waals surface area contributed by atoms with E-state index in [1.807, 2.05) is 64.1 Å². The van der Waals surface area contributed by atoms with Crippen LogP contribution in [-0.2, 0) is 9.59 Å². The Kier molecular flexibility index (Phi) is 4.74. The predicted molar refractivity (Wildman–Crippen MR) is 113 cm³/mol. The highest BCUT2D eigenvalue weighted by Gasteiger charge is 2.44. The first-order valence-corrected chi connectivity index (χ1v) is 9.69. The summed E-state index contributed by atoms with van der Waals surface area (Å²) in [6, 6.07) is 14.4. The van der Waals surface area contributed by atoms with Gasteiger partial charge in [0.2, 0.25) is 5.91 Å². The molecule has 29 heavy (non-hydrogen) atoms. The van der Waals surface area contributed by atoms with Gasteiger partial charge in [-0.15, -0.1) is 0 Å². The van der Waals surface area contributed by atoms with Crippen LogP contribution in [0.2, 0.25) is 0 Å². The molecule has 1 saturated heterocycles. The molecule has 1 aromatic heterocycles. The average Bonchev–Trinajstić information content (AvgIpc) is 3.18. The highest BCUT2D eigenvalue weighted by atomic mass is 16.3. The van der Waals surface area contributed by atoms with E-state index < -0.39 is 6.04 Å². The highest BCUT2D eigenvalue weighted by molar-refractivity contribution is 6.15. The fourth-order valence-corrected chi connectivity index (χ4v) is 4.16. The maximum absolute atomic E-state index is 13.7. The van der Waals surface area contributed by atoms with Crippen molar-refractivity contribution in [1.82, 2.24) is 0 Å². The number of carbonyl (C=O) groups excluding carboxylic acids is 2. The molecule has 0 radical (unpaired) electrons. The lowest BCUT2D eigenvalue weighted by molar-refractivity contribution is -0.129. The first-order chi connectivity index (χ1) is 13.9. The number of nitrogens with zero attached hydrogens (tertiary/aromatic N) is 2. The third-order valence-corrected chi connectivity index (χ3v) is 5.45. The van der Waals surface area contributed by atoms with Gasteiger partial charge in [0.05, 0.1) is 12.0 Å². The summed E-state index contributed by atoms with van der Waals surface area (Å²) in [7, 11) is 0. The van der Waals surface area contributed by atoms with E-state index >= 15 is 0 Å². The van der Waals surface area contributed by atoms with Crippen molar-refractivity contribution < 1.29 is 14.0 Å². The van der Waals surface area contributed by atoms with Crippen LogP contribution < -0.4 is 9.80 Å². The van der Waals surface area contributed by atoms with Crippen molar-refractivity contribution in [3.63, 3.8) is 0 Å². The van der Waals surface area contributed by atoms with Crippen LogP contribution in [0.5, 0.6) is 0 Å². The minimum absolute atomic E-state index is 0.00491. The van der Waals surface area contributed by atoms with Crippen molar-refractivity contribution in [2.75, 3.05) is 16.3 Å². The number of carbonyl (C=O) groups is 2.